The molecule has 0 fully saturated rings. The quantitative estimate of drug-likeness (QED) is 0.174. The van der Waals surface area contributed by atoms with Crippen molar-refractivity contribution >= 4 is 45.7 Å². The van der Waals surface area contributed by atoms with Gasteiger partial charge in [0.1, 0.15) is 16.4 Å². The molecule has 1 heterocycles. The predicted octanol–water partition coefficient (Wildman–Crippen LogP) is 3.54. The maximum Gasteiger partial charge on any atom is 0.333 e. The van der Waals surface area contributed by atoms with Gasteiger partial charge in [-0.15, -0.1) is 5.10 Å². The fourth-order valence-electron chi connectivity index (χ4n) is 2.82. The topological polar surface area (TPSA) is 133 Å². The first-order valence-corrected chi connectivity index (χ1v) is 10.4. The number of aromatic nitrogens is 3. The molecule has 3 aromatic rings. The third-order valence-corrected chi connectivity index (χ3v) is 5.01. The van der Waals surface area contributed by atoms with Gasteiger partial charge in [-0.25, -0.2) is 0 Å². The van der Waals surface area contributed by atoms with Gasteiger partial charge < -0.3 is 21.1 Å². The van der Waals surface area contributed by atoms with Crippen LogP contribution in [0.3, 0.4) is 0 Å². The second-order valence-electron chi connectivity index (χ2n) is 6.37. The first kappa shape index (κ1) is 23.3. The highest BCUT2D eigenvalue weighted by Gasteiger charge is 2.29. The monoisotopic (exact) mass is 477 g/mol. The van der Waals surface area contributed by atoms with Crippen LogP contribution in [-0.2, 0) is 0 Å². The molecular weight excluding hydrogens is 457 g/mol. The largest absolute Gasteiger partial charge is 0.494 e. The number of anilines is 1. The van der Waals surface area contributed by atoms with Crippen LogP contribution in [0.2, 0.25) is 0 Å². The van der Waals surface area contributed by atoms with Gasteiger partial charge in [-0.3, -0.25) is 10.1 Å². The van der Waals surface area contributed by atoms with Crippen LogP contribution in [0.25, 0.3) is 16.9 Å². The van der Waals surface area contributed by atoms with Gasteiger partial charge >= 0.3 is 5.70 Å². The second kappa shape index (κ2) is 10.8. The molecule has 10 nitrogen and oxygen atoms in total. The van der Waals surface area contributed by atoms with Crippen molar-refractivity contribution in [2.75, 3.05) is 25.0 Å². The van der Waals surface area contributed by atoms with Gasteiger partial charge in [0.2, 0.25) is 5.82 Å². The van der Waals surface area contributed by atoms with E-state index in [1.807, 2.05) is 6.92 Å². The second-order valence-corrected chi connectivity index (χ2v) is 7.13. The van der Waals surface area contributed by atoms with Gasteiger partial charge in [-0.1, -0.05) is 40.5 Å². The number of fused-ring (bicyclic) bond motifs is 1. The first-order valence-electron chi connectivity index (χ1n) is 9.65. The first-order chi connectivity index (χ1) is 15.5. The van der Waals surface area contributed by atoms with E-state index in [1.165, 1.54) is 4.68 Å². The number of ether oxygens (including phenoxy) is 1. The van der Waals surface area contributed by atoms with E-state index in [2.05, 4.69) is 20.9 Å². The Labute approximate surface area is 193 Å². The summed E-state index contributed by atoms with van der Waals surface area (Å²) in [6, 6.07) is 13.9. The number of nitrogens with one attached hydrogen (secondary N) is 2. The van der Waals surface area contributed by atoms with E-state index < -0.39 is 10.6 Å². The van der Waals surface area contributed by atoms with E-state index in [9.17, 15) is 10.1 Å². The smallest absolute Gasteiger partial charge is 0.333 e. The third-order valence-electron chi connectivity index (χ3n) is 4.22. The standard InChI is InChI=1S/C20H21Cl2N7O3/c1-2-32-14-9-7-13(8-10-14)25-20(28-16-6-4-3-5-15(16)26-27-28)18(29(30)31)17(21)19(22)24-12-11-23/h3-10,24-25H,2,11-12,23H2,1H3/b19-17+,20-18+. The zero-order chi connectivity index (χ0) is 23.1. The van der Waals surface area contributed by atoms with Crippen molar-refractivity contribution in [3.63, 3.8) is 0 Å². The maximum atomic E-state index is 12.1. The number of rotatable bonds is 10. The number of hydrogen-bond acceptors (Lipinski definition) is 8. The zero-order valence-electron chi connectivity index (χ0n) is 17.1. The fourth-order valence-corrected chi connectivity index (χ4v) is 3.23. The van der Waals surface area contributed by atoms with Crippen LogP contribution in [0.4, 0.5) is 5.69 Å². The van der Waals surface area contributed by atoms with Crippen LogP contribution in [0.15, 0.2) is 64.4 Å². The number of halogens is 2. The Kier molecular flexibility index (Phi) is 7.87. The summed E-state index contributed by atoms with van der Waals surface area (Å²) < 4.78 is 6.75. The molecule has 0 spiro atoms. The molecule has 0 unspecified atom stereocenters. The van der Waals surface area contributed by atoms with Crippen molar-refractivity contribution in [3.8, 4) is 5.75 Å². The molecule has 0 saturated carbocycles. The average molecular weight is 478 g/mol. The number of nitro groups is 1. The van der Waals surface area contributed by atoms with Crippen LogP contribution >= 0.6 is 23.2 Å². The van der Waals surface area contributed by atoms with E-state index in [0.29, 0.717) is 29.1 Å². The molecule has 4 N–H and O–H groups in total. The lowest BCUT2D eigenvalue weighted by molar-refractivity contribution is -0.419. The van der Waals surface area contributed by atoms with E-state index in [-0.39, 0.29) is 29.1 Å². The van der Waals surface area contributed by atoms with Crippen molar-refractivity contribution in [2.24, 2.45) is 5.73 Å². The number of hydrogen-bond donors (Lipinski definition) is 3. The molecule has 3 rings (SSSR count). The lowest BCUT2D eigenvalue weighted by Gasteiger charge is -2.14. The van der Waals surface area contributed by atoms with E-state index >= 15 is 0 Å². The Morgan fingerprint density at radius 3 is 2.59 bits per heavy atom. The molecule has 0 amide bonds. The summed E-state index contributed by atoms with van der Waals surface area (Å²) in [6.45, 7) is 2.95. The Morgan fingerprint density at radius 2 is 1.94 bits per heavy atom. The molecule has 12 heteroatoms. The average Bonchev–Trinajstić information content (AvgIpc) is 3.22. The fraction of sp³-hybridized carbons (Fsp3) is 0.200. The van der Waals surface area contributed by atoms with E-state index in [4.69, 9.17) is 33.7 Å². The molecule has 0 aliphatic carbocycles. The summed E-state index contributed by atoms with van der Waals surface area (Å²) in [4.78, 5) is 11.5. The highest BCUT2D eigenvalue weighted by molar-refractivity contribution is 6.40. The summed E-state index contributed by atoms with van der Waals surface area (Å²) in [5.41, 5.74) is 6.60. The van der Waals surface area contributed by atoms with Crippen molar-refractivity contribution in [2.45, 2.75) is 6.92 Å². The van der Waals surface area contributed by atoms with Gasteiger partial charge in [0, 0.05) is 18.8 Å². The molecule has 0 aliphatic rings. The Hall–Kier alpha value is -3.34. The molecule has 32 heavy (non-hydrogen) atoms. The summed E-state index contributed by atoms with van der Waals surface area (Å²) in [5.74, 6) is 0.627. The molecule has 0 bridgehead atoms. The van der Waals surface area contributed by atoms with E-state index in [0.717, 1.165) is 0 Å². The zero-order valence-corrected chi connectivity index (χ0v) is 18.6. The Balaban J connectivity index is 2.18. The SMILES string of the molecule is CCOc1ccc(N/C(=C(/C(Cl)=C(/Cl)NCCN)[N+](=O)[O-])n2nnc3ccccc32)cc1. The maximum absolute atomic E-state index is 12.1. The van der Waals surface area contributed by atoms with Crippen LogP contribution in [0, 0.1) is 10.1 Å². The Bertz CT molecular complexity index is 1160. The highest BCUT2D eigenvalue weighted by atomic mass is 35.5. The third kappa shape index (κ3) is 5.28. The van der Waals surface area contributed by atoms with Gasteiger partial charge in [0.05, 0.1) is 17.0 Å². The minimum Gasteiger partial charge on any atom is -0.494 e. The van der Waals surface area contributed by atoms with Crippen molar-refractivity contribution in [1.82, 2.24) is 20.3 Å². The van der Waals surface area contributed by atoms with Crippen LogP contribution in [0.1, 0.15) is 6.92 Å². The van der Waals surface area contributed by atoms with Crippen molar-refractivity contribution < 1.29 is 9.66 Å². The number of nitrogens with zero attached hydrogens (tertiary/aromatic N) is 4. The molecule has 0 atom stereocenters. The molecule has 1 aromatic heterocycles. The van der Waals surface area contributed by atoms with Crippen molar-refractivity contribution in [3.05, 3.63) is 74.5 Å². The van der Waals surface area contributed by atoms with Gasteiger partial charge in [0.15, 0.2) is 5.03 Å². The van der Waals surface area contributed by atoms with Gasteiger partial charge in [-0.05, 0) is 43.3 Å². The summed E-state index contributed by atoms with van der Waals surface area (Å²) >= 11 is 12.5. The molecular formula is C20H21Cl2N7O3. The normalized spacial score (nSPS) is 12.8. The lowest BCUT2D eigenvalue weighted by Crippen LogP contribution is -2.22. The van der Waals surface area contributed by atoms with Crippen LogP contribution in [-0.4, -0.2) is 39.6 Å². The van der Waals surface area contributed by atoms with Crippen molar-refractivity contribution in [1.29, 1.82) is 0 Å². The Morgan fingerprint density at radius 1 is 1.22 bits per heavy atom. The lowest BCUT2D eigenvalue weighted by atomic mass is 10.2. The van der Waals surface area contributed by atoms with E-state index in [1.54, 1.807) is 48.5 Å². The number of para-hydroxylation sites is 1. The van der Waals surface area contributed by atoms with Crippen LogP contribution in [0.5, 0.6) is 5.75 Å². The molecule has 168 valence electrons. The molecule has 0 saturated heterocycles. The molecule has 0 aliphatic heterocycles. The van der Waals surface area contributed by atoms with Gasteiger partial charge in [0.25, 0.3) is 0 Å². The predicted molar refractivity (Wildman–Crippen MR) is 125 cm³/mol. The van der Waals surface area contributed by atoms with Crippen LogP contribution < -0.4 is 21.1 Å². The highest BCUT2D eigenvalue weighted by Crippen LogP contribution is 2.29. The summed E-state index contributed by atoms with van der Waals surface area (Å²) in [5, 5.41) is 25.7. The number of nitrogens with two attached hydrogens (primary N) is 1. The summed E-state index contributed by atoms with van der Waals surface area (Å²) in [7, 11) is 0. The minimum atomic E-state index is -0.637. The van der Waals surface area contributed by atoms with Gasteiger partial charge in [-0.2, -0.15) is 4.68 Å². The molecule has 0 radical (unpaired) electrons. The number of allylic oxidation sites excluding steroid dienone is 1. The summed E-state index contributed by atoms with van der Waals surface area (Å²) in [6.07, 6.45) is 0. The number of benzene rings is 2. The minimum absolute atomic E-state index is 0.0365. The molecule has 2 aromatic carbocycles.